The molecule has 1 N–H and O–H groups in total. The van der Waals surface area contributed by atoms with Gasteiger partial charge in [0.05, 0.1) is 43.2 Å². The van der Waals surface area contributed by atoms with Crippen molar-refractivity contribution in [3.63, 3.8) is 0 Å². The maximum atomic E-state index is 12.5. The normalized spacial score (nSPS) is 15.6. The molecular formula is C23H25N3O4S. The fourth-order valence-corrected chi connectivity index (χ4v) is 4.86. The summed E-state index contributed by atoms with van der Waals surface area (Å²) in [6.07, 6.45) is 0. The number of hydrogen-bond acceptors (Lipinski definition) is 6. The molecule has 0 fully saturated rings. The lowest BCUT2D eigenvalue weighted by atomic mass is 10.0. The summed E-state index contributed by atoms with van der Waals surface area (Å²) >= 11 is 1.57. The van der Waals surface area contributed by atoms with Crippen LogP contribution in [0.4, 0.5) is 5.82 Å². The predicted molar refractivity (Wildman–Crippen MR) is 122 cm³/mol. The highest BCUT2D eigenvalue weighted by atomic mass is 32.2. The first kappa shape index (κ1) is 21.1. The molecule has 162 valence electrons. The minimum absolute atomic E-state index is 0.0543. The molecule has 0 spiro atoms. The Morgan fingerprint density at radius 3 is 2.58 bits per heavy atom. The van der Waals surface area contributed by atoms with Crippen molar-refractivity contribution in [2.24, 2.45) is 0 Å². The second-order valence-electron chi connectivity index (χ2n) is 7.04. The lowest BCUT2D eigenvalue weighted by molar-refractivity contribution is -0.113. The third kappa shape index (κ3) is 4.07. The van der Waals surface area contributed by atoms with Crippen LogP contribution in [-0.2, 0) is 4.79 Å². The van der Waals surface area contributed by atoms with Crippen molar-refractivity contribution in [2.45, 2.75) is 19.1 Å². The highest BCUT2D eigenvalue weighted by molar-refractivity contribution is 8.00. The van der Waals surface area contributed by atoms with Crippen LogP contribution in [0.15, 0.2) is 42.5 Å². The van der Waals surface area contributed by atoms with Crippen LogP contribution in [0.3, 0.4) is 0 Å². The fraction of sp³-hybridized carbons (Fsp3) is 0.304. The Balaban J connectivity index is 1.81. The first-order valence-corrected chi connectivity index (χ1v) is 11.1. The molecule has 1 aromatic heterocycles. The van der Waals surface area contributed by atoms with Crippen LogP contribution >= 0.6 is 11.8 Å². The van der Waals surface area contributed by atoms with Crippen LogP contribution in [0.1, 0.15) is 29.0 Å². The number of nitrogens with zero attached hydrogens (tertiary/aromatic N) is 2. The van der Waals surface area contributed by atoms with Gasteiger partial charge in [0.1, 0.15) is 11.6 Å². The van der Waals surface area contributed by atoms with E-state index in [-0.39, 0.29) is 11.2 Å². The van der Waals surface area contributed by atoms with E-state index < -0.39 is 0 Å². The summed E-state index contributed by atoms with van der Waals surface area (Å²) in [4.78, 5) is 12.5. The molecule has 7 nitrogen and oxygen atoms in total. The molecule has 0 saturated carbocycles. The number of anilines is 1. The largest absolute Gasteiger partial charge is 0.497 e. The summed E-state index contributed by atoms with van der Waals surface area (Å²) < 4.78 is 18.3. The Morgan fingerprint density at radius 2 is 1.90 bits per heavy atom. The highest BCUT2D eigenvalue weighted by Crippen LogP contribution is 2.45. The summed E-state index contributed by atoms with van der Waals surface area (Å²) in [5.41, 5.74) is 3.72. The van der Waals surface area contributed by atoms with Gasteiger partial charge in [-0.05, 0) is 55.8 Å². The molecule has 0 radical (unpaired) electrons. The second-order valence-corrected chi connectivity index (χ2v) is 8.13. The predicted octanol–water partition coefficient (Wildman–Crippen LogP) is 4.37. The fourth-order valence-electron chi connectivity index (χ4n) is 3.68. The quantitative estimate of drug-likeness (QED) is 0.615. The topological polar surface area (TPSA) is 74.6 Å². The lowest BCUT2D eigenvalue weighted by Gasteiger charge is -2.18. The van der Waals surface area contributed by atoms with Gasteiger partial charge in [0, 0.05) is 5.56 Å². The maximum absolute atomic E-state index is 12.5. The molecule has 4 rings (SSSR count). The van der Waals surface area contributed by atoms with Crippen LogP contribution in [0.25, 0.3) is 5.69 Å². The molecule has 3 aromatic rings. The first-order valence-electron chi connectivity index (χ1n) is 10.0. The molecule has 2 aromatic carbocycles. The van der Waals surface area contributed by atoms with Crippen molar-refractivity contribution in [2.75, 3.05) is 31.9 Å². The monoisotopic (exact) mass is 439 g/mol. The van der Waals surface area contributed by atoms with Crippen molar-refractivity contribution >= 4 is 23.5 Å². The van der Waals surface area contributed by atoms with Crippen molar-refractivity contribution in [3.05, 3.63) is 59.3 Å². The Hall–Kier alpha value is -3.13. The minimum atomic E-state index is -0.0782. The van der Waals surface area contributed by atoms with Crippen LogP contribution in [0.5, 0.6) is 17.2 Å². The Bertz CT molecular complexity index is 1090. The average Bonchev–Trinajstić information content (AvgIpc) is 2.99. The number of rotatable bonds is 6. The van der Waals surface area contributed by atoms with E-state index in [0.29, 0.717) is 29.7 Å². The van der Waals surface area contributed by atoms with Crippen LogP contribution < -0.4 is 19.5 Å². The Kier molecular flexibility index (Phi) is 6.08. The number of benzene rings is 2. The van der Waals surface area contributed by atoms with E-state index in [1.54, 1.807) is 30.7 Å². The molecular weight excluding hydrogens is 414 g/mol. The van der Waals surface area contributed by atoms with Crippen molar-refractivity contribution in [1.29, 1.82) is 0 Å². The van der Waals surface area contributed by atoms with Gasteiger partial charge in [-0.15, -0.1) is 11.8 Å². The van der Waals surface area contributed by atoms with E-state index in [1.165, 1.54) is 0 Å². The number of nitrogens with one attached hydrogen (secondary N) is 1. The van der Waals surface area contributed by atoms with Gasteiger partial charge in [-0.1, -0.05) is 6.07 Å². The molecule has 0 bridgehead atoms. The van der Waals surface area contributed by atoms with Gasteiger partial charge in [-0.3, -0.25) is 4.79 Å². The van der Waals surface area contributed by atoms with Gasteiger partial charge in [0.25, 0.3) is 0 Å². The number of amides is 1. The number of carbonyl (C=O) groups excluding carboxylic acids is 1. The number of methoxy groups -OCH3 is 2. The molecule has 1 atom stereocenters. The van der Waals surface area contributed by atoms with E-state index >= 15 is 0 Å². The van der Waals surface area contributed by atoms with Gasteiger partial charge in [-0.25, -0.2) is 4.68 Å². The molecule has 0 unspecified atom stereocenters. The van der Waals surface area contributed by atoms with Crippen LogP contribution in [0, 0.1) is 6.92 Å². The van der Waals surface area contributed by atoms with E-state index in [0.717, 1.165) is 28.3 Å². The summed E-state index contributed by atoms with van der Waals surface area (Å²) in [6, 6.07) is 13.5. The maximum Gasteiger partial charge on any atom is 0.235 e. The number of aryl methyl sites for hydroxylation is 1. The summed E-state index contributed by atoms with van der Waals surface area (Å²) in [7, 11) is 3.26. The molecule has 1 amide bonds. The van der Waals surface area contributed by atoms with Crippen LogP contribution in [-0.4, -0.2) is 42.3 Å². The van der Waals surface area contributed by atoms with Gasteiger partial charge in [-0.2, -0.15) is 5.10 Å². The third-order valence-corrected chi connectivity index (χ3v) is 6.39. The zero-order valence-electron chi connectivity index (χ0n) is 18.0. The van der Waals surface area contributed by atoms with Crippen LogP contribution in [0.2, 0.25) is 0 Å². The Morgan fingerprint density at radius 1 is 1.13 bits per heavy atom. The first-order chi connectivity index (χ1) is 15.0. The zero-order valence-corrected chi connectivity index (χ0v) is 18.8. The van der Waals surface area contributed by atoms with Gasteiger partial charge in [0.2, 0.25) is 5.91 Å². The summed E-state index contributed by atoms with van der Waals surface area (Å²) in [5.74, 6) is 3.11. The van der Waals surface area contributed by atoms with Crippen molar-refractivity contribution in [3.8, 4) is 22.9 Å². The van der Waals surface area contributed by atoms with E-state index in [1.807, 2.05) is 56.3 Å². The number of ether oxygens (including phenoxy) is 3. The molecule has 1 aliphatic heterocycles. The van der Waals surface area contributed by atoms with Gasteiger partial charge >= 0.3 is 0 Å². The molecule has 31 heavy (non-hydrogen) atoms. The number of fused-ring (bicyclic) bond motifs is 1. The average molecular weight is 440 g/mol. The molecule has 8 heteroatoms. The molecule has 0 aliphatic carbocycles. The van der Waals surface area contributed by atoms with Gasteiger partial charge < -0.3 is 19.5 Å². The Labute approximate surface area is 185 Å². The SMILES string of the molecule is CCOc1ccc([C@@H]2SCC(=O)Nc3c2c(C)nn3-c2ccc(OC)cc2)cc1OC. The number of thioether (sulfide) groups is 1. The highest BCUT2D eigenvalue weighted by Gasteiger charge is 2.31. The van der Waals surface area contributed by atoms with E-state index in [4.69, 9.17) is 19.3 Å². The summed E-state index contributed by atoms with van der Waals surface area (Å²) in [5, 5.41) is 7.73. The molecule has 1 aliphatic rings. The standard InChI is InChI=1S/C23H25N3O4S/c1-5-30-18-11-6-15(12-19(18)29-4)22-21-14(2)25-26(23(21)24-20(27)13-31-22)16-7-9-17(28-3)10-8-16/h6-12,22H,5,13H2,1-4H3,(H,24,27)/t22-/m0/s1. The number of aromatic nitrogens is 2. The number of hydrogen-bond donors (Lipinski definition) is 1. The summed E-state index contributed by atoms with van der Waals surface area (Å²) in [6.45, 7) is 4.47. The van der Waals surface area contributed by atoms with Gasteiger partial charge in [0.15, 0.2) is 11.5 Å². The number of carbonyl (C=O) groups is 1. The van der Waals surface area contributed by atoms with Crippen molar-refractivity contribution in [1.82, 2.24) is 9.78 Å². The lowest BCUT2D eigenvalue weighted by Crippen LogP contribution is -2.15. The molecule has 0 saturated heterocycles. The smallest absolute Gasteiger partial charge is 0.235 e. The van der Waals surface area contributed by atoms with E-state index in [9.17, 15) is 4.79 Å². The second kappa shape index (κ2) is 8.93. The zero-order chi connectivity index (χ0) is 22.0. The minimum Gasteiger partial charge on any atom is -0.497 e. The third-order valence-electron chi connectivity index (χ3n) is 5.12. The van der Waals surface area contributed by atoms with E-state index in [2.05, 4.69) is 5.32 Å². The van der Waals surface area contributed by atoms with Crippen molar-refractivity contribution < 1.29 is 19.0 Å². The molecule has 2 heterocycles.